The fraction of sp³-hybridized carbons (Fsp3) is 0.353. The quantitative estimate of drug-likeness (QED) is 0.695. The molecular formula is C17H20BrN5. The summed E-state index contributed by atoms with van der Waals surface area (Å²) in [4.78, 5) is 8.95. The lowest BCUT2D eigenvalue weighted by molar-refractivity contribution is 0.622. The molecule has 3 rings (SSSR count). The SMILES string of the molecule is CCC(CC)c1cc(NCc2cccnc2)n2ncc(Br)c2n1. The van der Waals surface area contributed by atoms with Crippen molar-refractivity contribution < 1.29 is 0 Å². The van der Waals surface area contributed by atoms with Crippen LogP contribution < -0.4 is 5.32 Å². The van der Waals surface area contributed by atoms with Gasteiger partial charge >= 0.3 is 0 Å². The van der Waals surface area contributed by atoms with Gasteiger partial charge in [-0.3, -0.25) is 4.98 Å². The highest BCUT2D eigenvalue weighted by atomic mass is 79.9. The van der Waals surface area contributed by atoms with Gasteiger partial charge in [0.15, 0.2) is 5.65 Å². The van der Waals surface area contributed by atoms with Gasteiger partial charge in [-0.2, -0.15) is 9.61 Å². The van der Waals surface area contributed by atoms with Crippen molar-refractivity contribution in [1.29, 1.82) is 0 Å². The second-order valence-electron chi connectivity index (χ2n) is 5.52. The average Bonchev–Trinajstić information content (AvgIpc) is 2.96. The molecule has 120 valence electrons. The maximum atomic E-state index is 4.79. The minimum absolute atomic E-state index is 0.459. The molecule has 0 unspecified atom stereocenters. The van der Waals surface area contributed by atoms with Crippen LogP contribution in [0.5, 0.6) is 0 Å². The van der Waals surface area contributed by atoms with E-state index in [9.17, 15) is 0 Å². The van der Waals surface area contributed by atoms with Gasteiger partial charge in [-0.1, -0.05) is 19.9 Å². The van der Waals surface area contributed by atoms with Gasteiger partial charge in [-0.05, 0) is 40.4 Å². The van der Waals surface area contributed by atoms with Gasteiger partial charge < -0.3 is 5.32 Å². The number of nitrogens with zero attached hydrogens (tertiary/aromatic N) is 4. The maximum absolute atomic E-state index is 4.79. The second kappa shape index (κ2) is 7.08. The molecule has 0 saturated heterocycles. The van der Waals surface area contributed by atoms with Crippen LogP contribution in [0.1, 0.15) is 43.9 Å². The van der Waals surface area contributed by atoms with Crippen molar-refractivity contribution in [3.63, 3.8) is 0 Å². The summed E-state index contributed by atoms with van der Waals surface area (Å²) in [6, 6.07) is 6.11. The largest absolute Gasteiger partial charge is 0.366 e. The van der Waals surface area contributed by atoms with Crippen LogP contribution in [0.15, 0.2) is 41.3 Å². The third-order valence-electron chi connectivity index (χ3n) is 4.05. The second-order valence-corrected chi connectivity index (χ2v) is 6.38. The molecule has 1 N–H and O–H groups in total. The van der Waals surface area contributed by atoms with E-state index in [1.165, 1.54) is 0 Å². The first-order valence-electron chi connectivity index (χ1n) is 7.89. The molecule has 0 aliphatic carbocycles. The smallest absolute Gasteiger partial charge is 0.171 e. The first kappa shape index (κ1) is 15.9. The Morgan fingerprint density at radius 2 is 2.09 bits per heavy atom. The summed E-state index contributed by atoms with van der Waals surface area (Å²) >= 11 is 3.54. The number of aromatic nitrogens is 4. The van der Waals surface area contributed by atoms with E-state index in [0.29, 0.717) is 12.5 Å². The Kier molecular flexibility index (Phi) is 4.91. The Balaban J connectivity index is 1.97. The molecule has 3 aromatic rings. The molecule has 0 aliphatic heterocycles. The summed E-state index contributed by atoms with van der Waals surface area (Å²) in [5.74, 6) is 1.41. The van der Waals surface area contributed by atoms with E-state index in [4.69, 9.17) is 4.98 Å². The van der Waals surface area contributed by atoms with Gasteiger partial charge in [0.25, 0.3) is 0 Å². The summed E-state index contributed by atoms with van der Waals surface area (Å²) in [6.07, 6.45) is 7.59. The molecule has 0 saturated carbocycles. The molecule has 0 spiro atoms. The molecule has 3 heterocycles. The number of halogens is 1. The molecule has 0 amide bonds. The van der Waals surface area contributed by atoms with Crippen molar-refractivity contribution in [2.75, 3.05) is 5.32 Å². The molecule has 0 radical (unpaired) electrons. The highest BCUT2D eigenvalue weighted by Crippen LogP contribution is 2.27. The molecule has 0 bridgehead atoms. The van der Waals surface area contributed by atoms with Gasteiger partial charge in [-0.25, -0.2) is 4.98 Å². The summed E-state index contributed by atoms with van der Waals surface area (Å²) in [5.41, 5.74) is 3.09. The van der Waals surface area contributed by atoms with Crippen molar-refractivity contribution in [3.05, 3.63) is 52.5 Å². The van der Waals surface area contributed by atoms with E-state index in [-0.39, 0.29) is 0 Å². The topological polar surface area (TPSA) is 55.1 Å². The fourth-order valence-corrected chi connectivity index (χ4v) is 3.04. The van der Waals surface area contributed by atoms with Crippen LogP contribution >= 0.6 is 15.9 Å². The van der Waals surface area contributed by atoms with Gasteiger partial charge in [0.1, 0.15) is 5.82 Å². The van der Waals surface area contributed by atoms with Crippen LogP contribution in [0.25, 0.3) is 5.65 Å². The lowest BCUT2D eigenvalue weighted by atomic mass is 9.99. The van der Waals surface area contributed by atoms with Gasteiger partial charge in [0, 0.05) is 36.6 Å². The van der Waals surface area contributed by atoms with E-state index in [2.05, 4.69) is 57.3 Å². The molecule has 5 nitrogen and oxygen atoms in total. The van der Waals surface area contributed by atoms with Crippen LogP contribution in [0.2, 0.25) is 0 Å². The lowest BCUT2D eigenvalue weighted by Crippen LogP contribution is -2.09. The van der Waals surface area contributed by atoms with Gasteiger partial charge in [0.05, 0.1) is 10.7 Å². The van der Waals surface area contributed by atoms with Crippen LogP contribution in [0, 0.1) is 0 Å². The molecule has 23 heavy (non-hydrogen) atoms. The summed E-state index contributed by atoms with van der Waals surface area (Å²) < 4.78 is 2.75. The molecule has 0 fully saturated rings. The fourth-order valence-electron chi connectivity index (χ4n) is 2.69. The van der Waals surface area contributed by atoms with E-state index in [1.807, 2.05) is 16.8 Å². The summed E-state index contributed by atoms with van der Waals surface area (Å²) in [6.45, 7) is 5.11. The summed E-state index contributed by atoms with van der Waals surface area (Å²) in [5, 5.41) is 7.87. The van der Waals surface area contributed by atoms with Crippen molar-refractivity contribution in [2.24, 2.45) is 0 Å². The van der Waals surface area contributed by atoms with Crippen LogP contribution in [0.3, 0.4) is 0 Å². The number of hydrogen-bond acceptors (Lipinski definition) is 4. The van der Waals surface area contributed by atoms with Gasteiger partial charge in [0.2, 0.25) is 0 Å². The predicted octanol–water partition coefficient (Wildman–Crippen LogP) is 4.40. The Morgan fingerprint density at radius 1 is 1.26 bits per heavy atom. The molecule has 0 aromatic carbocycles. The number of hydrogen-bond donors (Lipinski definition) is 1. The number of fused-ring (bicyclic) bond motifs is 1. The van der Waals surface area contributed by atoms with Crippen molar-refractivity contribution in [1.82, 2.24) is 19.6 Å². The van der Waals surface area contributed by atoms with Crippen LogP contribution in [-0.4, -0.2) is 19.6 Å². The number of pyridine rings is 1. The Hall–Kier alpha value is -1.95. The van der Waals surface area contributed by atoms with E-state index < -0.39 is 0 Å². The molecule has 0 aliphatic rings. The number of anilines is 1. The first-order valence-corrected chi connectivity index (χ1v) is 8.69. The zero-order chi connectivity index (χ0) is 16.2. The van der Waals surface area contributed by atoms with E-state index in [0.717, 1.165) is 40.0 Å². The minimum atomic E-state index is 0.459. The highest BCUT2D eigenvalue weighted by Gasteiger charge is 2.15. The Morgan fingerprint density at radius 3 is 2.78 bits per heavy atom. The monoisotopic (exact) mass is 373 g/mol. The summed E-state index contributed by atoms with van der Waals surface area (Å²) in [7, 11) is 0. The number of nitrogens with one attached hydrogen (secondary N) is 1. The van der Waals surface area contributed by atoms with Crippen LogP contribution in [-0.2, 0) is 6.54 Å². The molecular weight excluding hydrogens is 354 g/mol. The lowest BCUT2D eigenvalue weighted by Gasteiger charge is -2.15. The number of rotatable bonds is 6. The highest BCUT2D eigenvalue weighted by molar-refractivity contribution is 9.10. The normalized spacial score (nSPS) is 11.3. The zero-order valence-electron chi connectivity index (χ0n) is 13.3. The molecule has 0 atom stereocenters. The Bertz CT molecular complexity index is 780. The van der Waals surface area contributed by atoms with Gasteiger partial charge in [-0.15, -0.1) is 0 Å². The Labute approximate surface area is 144 Å². The standard InChI is InChI=1S/C17H20BrN5/c1-3-13(4-2)15-8-16(20-10-12-6-5-7-19-9-12)23-17(22-15)14(18)11-21-23/h5-9,11,13,20H,3-4,10H2,1-2H3. The maximum Gasteiger partial charge on any atom is 0.171 e. The minimum Gasteiger partial charge on any atom is -0.366 e. The van der Waals surface area contributed by atoms with E-state index >= 15 is 0 Å². The molecule has 3 aromatic heterocycles. The van der Waals surface area contributed by atoms with Crippen molar-refractivity contribution >= 4 is 27.4 Å². The molecule has 6 heteroatoms. The first-order chi connectivity index (χ1) is 11.2. The van der Waals surface area contributed by atoms with E-state index in [1.54, 1.807) is 12.4 Å². The van der Waals surface area contributed by atoms with Crippen LogP contribution in [0.4, 0.5) is 5.82 Å². The third kappa shape index (κ3) is 3.37. The average molecular weight is 374 g/mol. The zero-order valence-corrected chi connectivity index (χ0v) is 14.9. The van der Waals surface area contributed by atoms with Crippen molar-refractivity contribution in [3.8, 4) is 0 Å². The van der Waals surface area contributed by atoms with Crippen molar-refractivity contribution in [2.45, 2.75) is 39.2 Å². The predicted molar refractivity (Wildman–Crippen MR) is 95.6 cm³/mol. The third-order valence-corrected chi connectivity index (χ3v) is 4.61.